The molecule has 1 aliphatic carbocycles. The van der Waals surface area contributed by atoms with E-state index in [1.54, 1.807) is 0 Å². The first kappa shape index (κ1) is 22.2. The van der Waals surface area contributed by atoms with E-state index in [1.165, 1.54) is 46.0 Å². The number of allylic oxidation sites excluding steroid dienone is 1. The molecule has 3 aromatic carbocycles. The van der Waals surface area contributed by atoms with Crippen LogP contribution in [-0.2, 0) is 0 Å². The van der Waals surface area contributed by atoms with Crippen molar-refractivity contribution >= 4 is 46.4 Å². The Morgan fingerprint density at radius 3 is 1.38 bits per heavy atom. The summed E-state index contributed by atoms with van der Waals surface area (Å²) in [6.07, 6.45) is 7.76. The molecule has 0 aliphatic heterocycles. The van der Waals surface area contributed by atoms with Gasteiger partial charge in [-0.2, -0.15) is 0 Å². The van der Waals surface area contributed by atoms with E-state index in [4.69, 9.17) is 0 Å². The third kappa shape index (κ3) is 6.79. The summed E-state index contributed by atoms with van der Waals surface area (Å²) < 4.78 is 1.35. The van der Waals surface area contributed by atoms with Crippen LogP contribution in [0.5, 0.6) is 0 Å². The van der Waals surface area contributed by atoms with Crippen LogP contribution >= 0.6 is 30.5 Å². The Balaban J connectivity index is 0.000000204. The smallest absolute Gasteiger partial charge is 0.00237 e. The van der Waals surface area contributed by atoms with Gasteiger partial charge < -0.3 is 0 Å². The number of alkyl halides is 1. The Bertz CT molecular complexity index is 730. The maximum absolute atomic E-state index is 3.83. The molecule has 0 aromatic heterocycles. The lowest BCUT2D eigenvalue weighted by molar-refractivity contribution is 0.338. The van der Waals surface area contributed by atoms with Gasteiger partial charge in [0.2, 0.25) is 0 Å². The van der Waals surface area contributed by atoms with Crippen molar-refractivity contribution in [3.05, 3.63) is 104 Å². The molecular formula is C27H30IP. The van der Waals surface area contributed by atoms with Gasteiger partial charge in [-0.15, -0.1) is 6.58 Å². The summed E-state index contributed by atoms with van der Waals surface area (Å²) in [6.45, 7) is 3.83. The summed E-state index contributed by atoms with van der Waals surface area (Å²) in [5.41, 5.74) is 0. The zero-order chi connectivity index (χ0) is 20.3. The van der Waals surface area contributed by atoms with Gasteiger partial charge in [0.15, 0.2) is 0 Å². The van der Waals surface area contributed by atoms with Crippen molar-refractivity contribution in [3.8, 4) is 0 Å². The van der Waals surface area contributed by atoms with Crippen LogP contribution < -0.4 is 15.9 Å². The predicted molar refractivity (Wildman–Crippen MR) is 140 cm³/mol. The molecular weight excluding hydrogens is 482 g/mol. The Morgan fingerprint density at radius 2 is 1.07 bits per heavy atom. The summed E-state index contributed by atoms with van der Waals surface area (Å²) in [5.74, 6) is 1.84. The highest BCUT2D eigenvalue weighted by molar-refractivity contribution is 14.1. The van der Waals surface area contributed by atoms with Crippen LogP contribution in [0.25, 0.3) is 0 Å². The molecule has 150 valence electrons. The Kier molecular flexibility index (Phi) is 9.44. The van der Waals surface area contributed by atoms with E-state index in [2.05, 4.69) is 126 Å². The minimum Gasteiger partial charge on any atom is -0.103 e. The second-order valence-corrected chi connectivity index (χ2v) is 10.6. The largest absolute Gasteiger partial charge is 0.103 e. The second kappa shape index (κ2) is 12.3. The van der Waals surface area contributed by atoms with Gasteiger partial charge in [0, 0.05) is 4.43 Å². The van der Waals surface area contributed by atoms with Crippen molar-refractivity contribution in [1.29, 1.82) is 0 Å². The van der Waals surface area contributed by atoms with E-state index in [9.17, 15) is 0 Å². The maximum atomic E-state index is 3.83. The SMILES string of the molecule is C=C[C@H]1CC[C@H](CI)CC1.c1ccc(P(c2ccccc2)c2ccccc2)cc1. The van der Waals surface area contributed by atoms with E-state index in [0.717, 1.165) is 11.8 Å². The van der Waals surface area contributed by atoms with Crippen LogP contribution in [0.2, 0.25) is 0 Å². The monoisotopic (exact) mass is 512 g/mol. The van der Waals surface area contributed by atoms with E-state index in [1.807, 2.05) is 0 Å². The molecule has 1 saturated carbocycles. The van der Waals surface area contributed by atoms with E-state index < -0.39 is 7.92 Å². The highest BCUT2D eigenvalue weighted by Crippen LogP contribution is 2.32. The van der Waals surface area contributed by atoms with Crippen LogP contribution in [0.15, 0.2) is 104 Å². The van der Waals surface area contributed by atoms with Gasteiger partial charge in [-0.3, -0.25) is 0 Å². The Labute approximate surface area is 191 Å². The van der Waals surface area contributed by atoms with Crippen molar-refractivity contribution in [2.75, 3.05) is 4.43 Å². The fourth-order valence-electron chi connectivity index (χ4n) is 3.76. The standard InChI is InChI=1S/C18H15P.C9H15I/c1-4-10-16(11-5-1)19(17-12-6-2-7-13-17)18-14-8-3-9-15-18;1-2-8-3-5-9(7-10)6-4-8/h1-15H;2,8-9H,1,3-7H2/t;8-,9-. The fraction of sp³-hybridized carbons (Fsp3) is 0.259. The highest BCUT2D eigenvalue weighted by atomic mass is 127. The van der Waals surface area contributed by atoms with Crippen molar-refractivity contribution < 1.29 is 0 Å². The molecule has 0 saturated heterocycles. The van der Waals surface area contributed by atoms with Gasteiger partial charge in [-0.25, -0.2) is 0 Å². The molecule has 0 spiro atoms. The van der Waals surface area contributed by atoms with Crippen LogP contribution in [0, 0.1) is 11.8 Å². The van der Waals surface area contributed by atoms with E-state index in [0.29, 0.717) is 0 Å². The summed E-state index contributed by atoms with van der Waals surface area (Å²) in [5, 5.41) is 4.19. The Morgan fingerprint density at radius 1 is 0.690 bits per heavy atom. The Hall–Kier alpha value is -1.44. The summed E-state index contributed by atoms with van der Waals surface area (Å²) in [4.78, 5) is 0. The zero-order valence-corrected chi connectivity index (χ0v) is 20.0. The van der Waals surface area contributed by atoms with Crippen molar-refractivity contribution in [2.24, 2.45) is 11.8 Å². The first-order chi connectivity index (χ1) is 14.3. The molecule has 0 unspecified atom stereocenters. The van der Waals surface area contributed by atoms with Gasteiger partial charge in [-0.05, 0) is 61.4 Å². The molecule has 0 nitrogen and oxygen atoms in total. The summed E-state index contributed by atoms with van der Waals surface area (Å²) >= 11 is 2.50. The number of rotatable bonds is 5. The molecule has 0 amide bonds. The number of benzene rings is 3. The molecule has 0 bridgehead atoms. The molecule has 1 aliphatic rings. The first-order valence-electron chi connectivity index (χ1n) is 10.5. The van der Waals surface area contributed by atoms with Crippen LogP contribution in [-0.4, -0.2) is 4.43 Å². The predicted octanol–water partition coefficient (Wildman–Crippen LogP) is 6.86. The zero-order valence-electron chi connectivity index (χ0n) is 17.0. The minimum atomic E-state index is -0.446. The maximum Gasteiger partial charge on any atom is 0.00237 e. The summed E-state index contributed by atoms with van der Waals surface area (Å²) in [7, 11) is -0.446. The number of halogens is 1. The van der Waals surface area contributed by atoms with Gasteiger partial charge >= 0.3 is 0 Å². The van der Waals surface area contributed by atoms with Gasteiger partial charge in [0.25, 0.3) is 0 Å². The third-order valence-corrected chi connectivity index (χ3v) is 9.18. The molecule has 3 aromatic rings. The van der Waals surface area contributed by atoms with E-state index in [-0.39, 0.29) is 0 Å². The minimum absolute atomic E-state index is 0.446. The lowest BCUT2D eigenvalue weighted by Gasteiger charge is -2.24. The van der Waals surface area contributed by atoms with Gasteiger partial charge in [-0.1, -0.05) is 120 Å². The first-order valence-corrected chi connectivity index (χ1v) is 13.3. The fourth-order valence-corrected chi connectivity index (χ4v) is 6.94. The molecule has 2 heteroatoms. The van der Waals surface area contributed by atoms with Crippen LogP contribution in [0.4, 0.5) is 0 Å². The quantitative estimate of drug-likeness (QED) is 0.152. The third-order valence-electron chi connectivity index (χ3n) is 5.49. The lowest BCUT2D eigenvalue weighted by atomic mass is 9.83. The topological polar surface area (TPSA) is 0 Å². The number of hydrogen-bond donors (Lipinski definition) is 0. The highest BCUT2D eigenvalue weighted by Gasteiger charge is 2.17. The molecule has 0 N–H and O–H groups in total. The average Bonchev–Trinajstić information content (AvgIpc) is 2.82. The number of hydrogen-bond acceptors (Lipinski definition) is 0. The van der Waals surface area contributed by atoms with Crippen molar-refractivity contribution in [3.63, 3.8) is 0 Å². The van der Waals surface area contributed by atoms with E-state index >= 15 is 0 Å². The lowest BCUT2D eigenvalue weighted by Crippen LogP contribution is -2.20. The normalized spacial score (nSPS) is 18.6. The molecule has 1 fully saturated rings. The van der Waals surface area contributed by atoms with Crippen molar-refractivity contribution in [1.82, 2.24) is 0 Å². The molecule has 0 atom stereocenters. The second-order valence-electron chi connectivity index (χ2n) is 7.51. The molecule has 0 heterocycles. The average molecular weight is 512 g/mol. The van der Waals surface area contributed by atoms with Crippen LogP contribution in [0.3, 0.4) is 0 Å². The summed E-state index contributed by atoms with van der Waals surface area (Å²) in [6, 6.07) is 32.3. The molecule has 0 radical (unpaired) electrons. The van der Waals surface area contributed by atoms with Crippen molar-refractivity contribution in [2.45, 2.75) is 25.7 Å². The van der Waals surface area contributed by atoms with Gasteiger partial charge in [0.05, 0.1) is 0 Å². The molecule has 29 heavy (non-hydrogen) atoms. The molecule has 4 rings (SSSR count). The van der Waals surface area contributed by atoms with Gasteiger partial charge in [0.1, 0.15) is 0 Å². The van der Waals surface area contributed by atoms with Crippen LogP contribution in [0.1, 0.15) is 25.7 Å².